The maximum Gasteiger partial charge on any atom is 0.407 e. The van der Waals surface area contributed by atoms with Crippen LogP contribution in [0.5, 0.6) is 0 Å². The number of aromatic nitrogens is 4. The third-order valence-electron chi connectivity index (χ3n) is 14.7. The summed E-state index contributed by atoms with van der Waals surface area (Å²) in [4.78, 5) is 74.7. The summed E-state index contributed by atoms with van der Waals surface area (Å²) >= 11 is 0. The molecule has 4 N–H and O–H groups in total. The third kappa shape index (κ3) is 10.8. The number of alkyl carbamates (subject to hydrolysis) is 2. The van der Waals surface area contributed by atoms with Crippen LogP contribution in [0.15, 0.2) is 85.2 Å². The quantitative estimate of drug-likeness (QED) is 0.0784. The summed E-state index contributed by atoms with van der Waals surface area (Å²) in [5, 5.41) is 5.31. The van der Waals surface area contributed by atoms with Gasteiger partial charge >= 0.3 is 12.2 Å². The number of anilines is 1. The lowest BCUT2D eigenvalue weighted by Crippen LogP contribution is -2.54. The van der Waals surface area contributed by atoms with Crippen LogP contribution in [0.25, 0.3) is 22.5 Å². The molecule has 71 heavy (non-hydrogen) atoms. The van der Waals surface area contributed by atoms with E-state index >= 15 is 0 Å². The fourth-order valence-corrected chi connectivity index (χ4v) is 10.4. The van der Waals surface area contributed by atoms with Crippen LogP contribution in [-0.2, 0) is 34.0 Å². The molecule has 4 amide bonds. The number of likely N-dealkylation sites (tertiary alicyclic amines) is 2. The van der Waals surface area contributed by atoms with E-state index in [9.17, 15) is 19.2 Å². The highest BCUT2D eigenvalue weighted by Crippen LogP contribution is 2.48. The van der Waals surface area contributed by atoms with Gasteiger partial charge in [0.15, 0.2) is 0 Å². The molecule has 8 atom stereocenters. The Morgan fingerprint density at radius 2 is 1.00 bits per heavy atom. The standard InChI is InChI=1S/C54H69N9O8/c1-32(68-6)46(59-52(66)70-8)50(64)61-28-10-12-44(61)48-55-30-40(57-48)34-14-18-36(19-15-34)42-26-27-43(63(42)39-24-22-38(23-25-39)54(3,4)5)37-20-16-35(17-21-37)41-31-56-49(58-41)45-13-11-29-62(45)51(65)47(33(2)69-7)60-53(67)71-9/h14-25,30-33,42-47H,10-13,26-29H2,1-9H3,(H,55,57)(H,56,58)(H,59,66)(H,60,67)/t32-,33-,42+,43?,44-,45-,46+,47-/m0/s1. The molecule has 3 saturated heterocycles. The number of benzene rings is 3. The van der Waals surface area contributed by atoms with Crippen molar-refractivity contribution in [2.75, 3.05) is 46.4 Å². The molecule has 2 aromatic heterocycles. The van der Waals surface area contributed by atoms with Crippen molar-refractivity contribution in [3.05, 3.63) is 114 Å². The Balaban J connectivity index is 1.00. The van der Waals surface area contributed by atoms with E-state index in [2.05, 4.69) is 119 Å². The zero-order chi connectivity index (χ0) is 50.6. The maximum absolute atomic E-state index is 13.8. The Bertz CT molecular complexity index is 2470. The predicted molar refractivity (Wildman–Crippen MR) is 269 cm³/mol. The molecule has 3 aliphatic rings. The van der Waals surface area contributed by atoms with E-state index in [1.54, 1.807) is 23.6 Å². The fraction of sp³-hybridized carbons (Fsp3) is 0.481. The normalized spacial score (nSPS) is 20.9. The van der Waals surface area contributed by atoms with Crippen molar-refractivity contribution < 1.29 is 38.1 Å². The molecule has 378 valence electrons. The molecule has 5 heterocycles. The van der Waals surface area contributed by atoms with Gasteiger partial charge in [-0.25, -0.2) is 19.6 Å². The number of hydrogen-bond donors (Lipinski definition) is 4. The van der Waals surface area contributed by atoms with Crippen molar-refractivity contribution >= 4 is 29.7 Å². The number of carbonyl (C=O) groups excluding carboxylic acids is 4. The number of aromatic amines is 2. The number of ether oxygens (including phenoxy) is 4. The summed E-state index contributed by atoms with van der Waals surface area (Å²) in [7, 11) is 5.56. The number of amides is 4. The topological polar surface area (TPSA) is 196 Å². The lowest BCUT2D eigenvalue weighted by molar-refractivity contribution is -0.138. The highest BCUT2D eigenvalue weighted by atomic mass is 16.5. The van der Waals surface area contributed by atoms with Gasteiger partial charge in [-0.05, 0) is 97.7 Å². The van der Waals surface area contributed by atoms with E-state index in [4.69, 9.17) is 28.9 Å². The first-order chi connectivity index (χ1) is 34.1. The zero-order valence-electron chi connectivity index (χ0n) is 42.4. The van der Waals surface area contributed by atoms with Gasteiger partial charge in [-0.3, -0.25) is 9.59 Å². The summed E-state index contributed by atoms with van der Waals surface area (Å²) in [6.07, 6.45) is 6.15. The molecule has 5 aromatic rings. The Kier molecular flexibility index (Phi) is 15.5. The highest BCUT2D eigenvalue weighted by Gasteiger charge is 2.41. The van der Waals surface area contributed by atoms with Gasteiger partial charge in [0.05, 0.1) is 74.4 Å². The molecular formula is C54H69N9O8. The van der Waals surface area contributed by atoms with Crippen molar-refractivity contribution in [1.29, 1.82) is 0 Å². The molecule has 0 aliphatic carbocycles. The lowest BCUT2D eigenvalue weighted by atomic mass is 9.87. The van der Waals surface area contributed by atoms with Crippen molar-refractivity contribution in [3.8, 4) is 22.5 Å². The first kappa shape index (κ1) is 50.7. The SMILES string of the molecule is COC(=O)N[C@H](C(=O)N1CCC[C@H]1c1ncc(-c2ccc(C3CC[C@H](c4ccc(-c5cnc([C@@H]6CCCN6C(=O)[C@H](NC(=O)OC)[C@H](C)OC)[nH]5)cc4)N3c3ccc(C(C)(C)C)cc3)cc2)[nH]1)[C@H](C)OC. The van der Waals surface area contributed by atoms with Gasteiger partial charge in [0.25, 0.3) is 0 Å². The Labute approximate surface area is 416 Å². The Morgan fingerprint density at radius 1 is 0.592 bits per heavy atom. The summed E-state index contributed by atoms with van der Waals surface area (Å²) in [5.74, 6) is 0.911. The second-order valence-electron chi connectivity index (χ2n) is 19.9. The van der Waals surface area contributed by atoms with Crippen LogP contribution >= 0.6 is 0 Å². The molecule has 0 saturated carbocycles. The number of methoxy groups -OCH3 is 4. The zero-order valence-corrected chi connectivity index (χ0v) is 42.4. The van der Waals surface area contributed by atoms with Gasteiger partial charge in [-0.2, -0.15) is 0 Å². The number of nitrogens with zero attached hydrogens (tertiary/aromatic N) is 5. The molecule has 0 spiro atoms. The molecule has 3 aromatic carbocycles. The number of carbonyl (C=O) groups is 4. The van der Waals surface area contributed by atoms with E-state index in [0.29, 0.717) is 24.7 Å². The van der Waals surface area contributed by atoms with Crippen LogP contribution in [0.4, 0.5) is 15.3 Å². The first-order valence-electron chi connectivity index (χ1n) is 24.7. The van der Waals surface area contributed by atoms with Gasteiger partial charge in [-0.15, -0.1) is 0 Å². The molecule has 3 aliphatic heterocycles. The van der Waals surface area contributed by atoms with E-state index < -0.39 is 36.5 Å². The van der Waals surface area contributed by atoms with E-state index in [-0.39, 0.29) is 41.4 Å². The van der Waals surface area contributed by atoms with Gasteiger partial charge in [-0.1, -0.05) is 81.4 Å². The van der Waals surface area contributed by atoms with E-state index in [0.717, 1.165) is 66.7 Å². The van der Waals surface area contributed by atoms with Crippen LogP contribution in [0.2, 0.25) is 0 Å². The summed E-state index contributed by atoms with van der Waals surface area (Å²) in [6, 6.07) is 24.3. The van der Waals surface area contributed by atoms with Crippen molar-refractivity contribution in [3.63, 3.8) is 0 Å². The number of rotatable bonds is 15. The molecule has 17 nitrogen and oxygen atoms in total. The minimum absolute atomic E-state index is 0.0175. The Hall–Kier alpha value is -6.72. The van der Waals surface area contributed by atoms with E-state index in [1.165, 1.54) is 45.1 Å². The second-order valence-corrected chi connectivity index (χ2v) is 19.9. The molecule has 3 fully saturated rings. The number of imidazole rings is 2. The molecule has 0 radical (unpaired) electrons. The average Bonchev–Trinajstić information content (AvgIpc) is 4.26. The van der Waals surface area contributed by atoms with Crippen molar-refractivity contribution in [2.24, 2.45) is 0 Å². The van der Waals surface area contributed by atoms with Gasteiger partial charge < -0.3 is 54.2 Å². The number of nitrogens with one attached hydrogen (secondary N) is 4. The average molecular weight is 972 g/mol. The minimum Gasteiger partial charge on any atom is -0.453 e. The summed E-state index contributed by atoms with van der Waals surface area (Å²) < 4.78 is 20.5. The molecular weight excluding hydrogens is 903 g/mol. The summed E-state index contributed by atoms with van der Waals surface area (Å²) in [6.45, 7) is 11.3. The van der Waals surface area contributed by atoms with Crippen LogP contribution < -0.4 is 15.5 Å². The first-order valence-corrected chi connectivity index (χ1v) is 24.7. The highest BCUT2D eigenvalue weighted by molar-refractivity contribution is 5.87. The number of hydrogen-bond acceptors (Lipinski definition) is 11. The van der Waals surface area contributed by atoms with Crippen molar-refractivity contribution in [1.82, 2.24) is 40.4 Å². The fourth-order valence-electron chi connectivity index (χ4n) is 10.4. The van der Waals surface area contributed by atoms with Crippen LogP contribution in [0.3, 0.4) is 0 Å². The molecule has 0 bridgehead atoms. The maximum atomic E-state index is 13.8. The number of H-pyrrole nitrogens is 2. The van der Waals surface area contributed by atoms with E-state index in [1.807, 2.05) is 12.4 Å². The smallest absolute Gasteiger partial charge is 0.407 e. The van der Waals surface area contributed by atoms with Gasteiger partial charge in [0.1, 0.15) is 23.7 Å². The summed E-state index contributed by atoms with van der Waals surface area (Å²) in [5.41, 5.74) is 8.57. The third-order valence-corrected chi connectivity index (χ3v) is 14.7. The largest absolute Gasteiger partial charge is 0.453 e. The predicted octanol–water partition coefficient (Wildman–Crippen LogP) is 8.69. The molecule has 17 heteroatoms. The second kappa shape index (κ2) is 21.7. The minimum atomic E-state index is -0.906. The monoisotopic (exact) mass is 972 g/mol. The van der Waals surface area contributed by atoms with Gasteiger partial charge in [0.2, 0.25) is 11.8 Å². The Morgan fingerprint density at radius 3 is 1.37 bits per heavy atom. The van der Waals surface area contributed by atoms with Crippen LogP contribution in [-0.4, -0.2) is 120 Å². The van der Waals surface area contributed by atoms with Crippen molar-refractivity contribution in [2.45, 2.75) is 127 Å². The molecule has 8 rings (SSSR count). The van der Waals surface area contributed by atoms with Crippen LogP contribution in [0, 0.1) is 0 Å². The lowest BCUT2D eigenvalue weighted by Gasteiger charge is -2.34. The van der Waals surface area contributed by atoms with Crippen LogP contribution in [0.1, 0.15) is 126 Å². The van der Waals surface area contributed by atoms with Gasteiger partial charge in [0, 0.05) is 33.0 Å². The molecule has 1 unspecified atom stereocenters.